The van der Waals surface area contributed by atoms with Crippen molar-refractivity contribution in [2.45, 2.75) is 38.1 Å². The Morgan fingerprint density at radius 3 is 2.84 bits per heavy atom. The van der Waals surface area contributed by atoms with E-state index in [1.165, 1.54) is 0 Å². The largest absolute Gasteiger partial charge is 0.396 e. The zero-order valence-corrected chi connectivity index (χ0v) is 15.3. The molecule has 130 valence electrons. The maximum absolute atomic E-state index is 12.7. The van der Waals surface area contributed by atoms with Gasteiger partial charge in [0.15, 0.2) is 11.6 Å². The second-order valence-electron chi connectivity index (χ2n) is 6.37. The van der Waals surface area contributed by atoms with Crippen molar-refractivity contribution in [1.29, 1.82) is 0 Å². The maximum atomic E-state index is 12.7. The number of fused-ring (bicyclic) bond motifs is 1. The second-order valence-corrected chi connectivity index (χ2v) is 7.29. The van der Waals surface area contributed by atoms with Crippen LogP contribution < -0.4 is 5.32 Å². The van der Waals surface area contributed by atoms with Crippen molar-refractivity contribution >= 4 is 27.7 Å². The molecule has 0 radical (unpaired) electrons. The first-order chi connectivity index (χ1) is 12.2. The highest BCUT2D eigenvalue weighted by Crippen LogP contribution is 2.40. The molecular weight excluding hydrogens is 384 g/mol. The summed E-state index contributed by atoms with van der Waals surface area (Å²) in [7, 11) is 0. The minimum absolute atomic E-state index is 0.112. The number of aryl methyl sites for hydroxylation is 1. The van der Waals surface area contributed by atoms with Crippen molar-refractivity contribution in [3.8, 4) is 0 Å². The Labute approximate surface area is 154 Å². The number of halogens is 1. The van der Waals surface area contributed by atoms with Gasteiger partial charge in [-0.05, 0) is 37.0 Å². The number of allylic oxidation sites excluding steroid dienone is 2. The zero-order chi connectivity index (χ0) is 17.4. The molecule has 2 N–H and O–H groups in total. The van der Waals surface area contributed by atoms with Gasteiger partial charge in [-0.2, -0.15) is 10.1 Å². The number of benzene rings is 1. The molecule has 0 saturated carbocycles. The second kappa shape index (κ2) is 6.72. The van der Waals surface area contributed by atoms with Crippen LogP contribution in [0, 0.1) is 0 Å². The Morgan fingerprint density at radius 1 is 1.28 bits per heavy atom. The number of carbonyl (C=O) groups excluding carboxylic acids is 1. The lowest BCUT2D eigenvalue weighted by molar-refractivity contribution is -0.116. The highest BCUT2D eigenvalue weighted by molar-refractivity contribution is 9.10. The Morgan fingerprint density at radius 2 is 2.08 bits per heavy atom. The summed E-state index contributed by atoms with van der Waals surface area (Å²) in [5.74, 6) is 1.54. The predicted octanol–water partition coefficient (Wildman–Crippen LogP) is 2.99. The van der Waals surface area contributed by atoms with Crippen LogP contribution in [-0.2, 0) is 11.2 Å². The fraction of sp³-hybridized carbons (Fsp3) is 0.389. The average Bonchev–Trinajstić information content (AvgIpc) is 3.01. The maximum Gasteiger partial charge on any atom is 0.226 e. The van der Waals surface area contributed by atoms with Crippen molar-refractivity contribution in [2.24, 2.45) is 0 Å². The minimum atomic E-state index is -0.248. The van der Waals surface area contributed by atoms with Crippen molar-refractivity contribution < 1.29 is 9.90 Å². The Balaban J connectivity index is 1.82. The molecule has 0 bridgehead atoms. The summed E-state index contributed by atoms with van der Waals surface area (Å²) >= 11 is 3.46. The van der Waals surface area contributed by atoms with Crippen LogP contribution in [0.3, 0.4) is 0 Å². The summed E-state index contributed by atoms with van der Waals surface area (Å²) in [6.45, 7) is 0.112. The van der Waals surface area contributed by atoms with Gasteiger partial charge >= 0.3 is 0 Å². The minimum Gasteiger partial charge on any atom is -0.396 e. The number of aromatic nitrogens is 3. The highest BCUT2D eigenvalue weighted by atomic mass is 79.9. The van der Waals surface area contributed by atoms with E-state index in [0.717, 1.165) is 34.1 Å². The predicted molar refractivity (Wildman–Crippen MR) is 97.2 cm³/mol. The van der Waals surface area contributed by atoms with E-state index in [4.69, 9.17) is 5.11 Å². The molecule has 1 aliphatic carbocycles. The number of hydrogen-bond donors (Lipinski definition) is 2. The van der Waals surface area contributed by atoms with Gasteiger partial charge in [-0.1, -0.05) is 28.1 Å². The molecule has 1 unspecified atom stereocenters. The van der Waals surface area contributed by atoms with Gasteiger partial charge in [0.1, 0.15) is 6.04 Å². The molecule has 0 amide bonds. The van der Waals surface area contributed by atoms with E-state index < -0.39 is 0 Å². The number of carbonyl (C=O) groups is 1. The molecule has 2 aliphatic rings. The van der Waals surface area contributed by atoms with Crippen LogP contribution in [0.5, 0.6) is 0 Å². The highest BCUT2D eigenvalue weighted by Gasteiger charge is 2.36. The first kappa shape index (κ1) is 16.5. The normalized spacial score (nSPS) is 19.4. The summed E-state index contributed by atoms with van der Waals surface area (Å²) in [6.07, 6.45) is 3.54. The van der Waals surface area contributed by atoms with Gasteiger partial charge in [-0.3, -0.25) is 4.79 Å². The fourth-order valence-corrected chi connectivity index (χ4v) is 3.76. The van der Waals surface area contributed by atoms with E-state index in [1.54, 1.807) is 0 Å². The molecule has 2 heterocycles. The topological polar surface area (TPSA) is 80.0 Å². The van der Waals surface area contributed by atoms with Crippen LogP contribution in [0.2, 0.25) is 0 Å². The van der Waals surface area contributed by atoms with Gasteiger partial charge in [0.2, 0.25) is 5.95 Å². The molecule has 2 aromatic rings. The molecule has 1 aliphatic heterocycles. The number of nitrogens with zero attached hydrogens (tertiary/aromatic N) is 3. The Bertz CT molecular complexity index is 841. The number of aliphatic hydroxyl groups excluding tert-OH is 1. The lowest BCUT2D eigenvalue weighted by Crippen LogP contribution is -2.31. The van der Waals surface area contributed by atoms with Gasteiger partial charge < -0.3 is 10.4 Å². The van der Waals surface area contributed by atoms with Gasteiger partial charge in [0.25, 0.3) is 0 Å². The summed E-state index contributed by atoms with van der Waals surface area (Å²) < 4.78 is 2.81. The molecule has 0 saturated heterocycles. The quantitative estimate of drug-likeness (QED) is 0.821. The Kier molecular flexibility index (Phi) is 4.43. The lowest BCUT2D eigenvalue weighted by atomic mass is 9.85. The van der Waals surface area contributed by atoms with Gasteiger partial charge in [0.05, 0.1) is 0 Å². The van der Waals surface area contributed by atoms with E-state index in [0.29, 0.717) is 31.0 Å². The molecule has 6 nitrogen and oxygen atoms in total. The van der Waals surface area contributed by atoms with Gasteiger partial charge in [-0.25, -0.2) is 4.68 Å². The van der Waals surface area contributed by atoms with Crippen LogP contribution in [0.25, 0.3) is 0 Å². The van der Waals surface area contributed by atoms with E-state index in [-0.39, 0.29) is 18.4 Å². The van der Waals surface area contributed by atoms with Crippen LogP contribution >= 0.6 is 15.9 Å². The van der Waals surface area contributed by atoms with Crippen molar-refractivity contribution in [1.82, 2.24) is 14.8 Å². The molecule has 0 spiro atoms. The monoisotopic (exact) mass is 402 g/mol. The number of anilines is 1. The van der Waals surface area contributed by atoms with Crippen LogP contribution in [-0.4, -0.2) is 32.3 Å². The fourth-order valence-electron chi connectivity index (χ4n) is 3.50. The van der Waals surface area contributed by atoms with E-state index in [1.807, 2.05) is 28.9 Å². The Hall–Kier alpha value is -1.99. The SMILES string of the molecule is O=C1CCCC2=C1C(c1ccc(Br)cc1)n1nc(CCCO)nc1N2. The molecule has 25 heavy (non-hydrogen) atoms. The summed E-state index contributed by atoms with van der Waals surface area (Å²) in [5, 5.41) is 17.0. The lowest BCUT2D eigenvalue weighted by Gasteiger charge is -2.32. The third-order valence-corrected chi connectivity index (χ3v) is 5.18. The third-order valence-electron chi connectivity index (χ3n) is 4.66. The summed E-state index contributed by atoms with van der Waals surface area (Å²) in [6, 6.07) is 7.75. The standard InChI is InChI=1S/C18H19BrN4O2/c19-12-8-6-11(7-9-12)17-16-13(3-1-4-14(16)25)20-18-21-15(5-2-10-24)22-23(17)18/h6-9,17,24H,1-5,10H2,(H,20,21,22). The average molecular weight is 403 g/mol. The molecule has 7 heteroatoms. The molecule has 1 atom stereocenters. The third kappa shape index (κ3) is 3.02. The summed E-state index contributed by atoms with van der Waals surface area (Å²) in [4.78, 5) is 17.2. The first-order valence-electron chi connectivity index (χ1n) is 8.52. The number of Topliss-reactive ketones (excluding diaryl/α,β-unsaturated/α-hetero) is 1. The zero-order valence-electron chi connectivity index (χ0n) is 13.7. The first-order valence-corrected chi connectivity index (χ1v) is 9.31. The van der Waals surface area contributed by atoms with Gasteiger partial charge in [0, 0.05) is 35.2 Å². The molecule has 1 aromatic carbocycles. The number of nitrogens with one attached hydrogen (secondary N) is 1. The number of ketones is 1. The van der Waals surface area contributed by atoms with Crippen molar-refractivity contribution in [2.75, 3.05) is 11.9 Å². The summed E-state index contributed by atoms with van der Waals surface area (Å²) in [5.41, 5.74) is 2.80. The molecular formula is C18H19BrN4O2. The van der Waals surface area contributed by atoms with E-state index in [2.05, 4.69) is 31.3 Å². The van der Waals surface area contributed by atoms with Crippen LogP contribution in [0.4, 0.5) is 5.95 Å². The molecule has 4 rings (SSSR count). The smallest absolute Gasteiger partial charge is 0.226 e. The van der Waals surface area contributed by atoms with Crippen LogP contribution in [0.1, 0.15) is 43.1 Å². The molecule has 0 fully saturated rings. The van der Waals surface area contributed by atoms with Crippen molar-refractivity contribution in [3.05, 3.63) is 51.4 Å². The van der Waals surface area contributed by atoms with Crippen LogP contribution in [0.15, 0.2) is 40.0 Å². The number of rotatable bonds is 4. The van der Waals surface area contributed by atoms with Crippen molar-refractivity contribution in [3.63, 3.8) is 0 Å². The van der Waals surface area contributed by atoms with E-state index >= 15 is 0 Å². The number of aliphatic hydroxyl groups is 1. The van der Waals surface area contributed by atoms with E-state index in [9.17, 15) is 4.79 Å². The number of hydrogen-bond acceptors (Lipinski definition) is 5. The molecule has 1 aromatic heterocycles. The van der Waals surface area contributed by atoms with Gasteiger partial charge in [-0.15, -0.1) is 0 Å².